The van der Waals surface area contributed by atoms with Gasteiger partial charge in [0, 0.05) is 50.9 Å². The fourth-order valence-electron chi connectivity index (χ4n) is 5.32. The summed E-state index contributed by atoms with van der Waals surface area (Å²) < 4.78 is 2.29. The molecule has 0 radical (unpaired) electrons. The lowest BCUT2D eigenvalue weighted by Gasteiger charge is -2.40. The number of carbonyl (C=O) groups is 1. The molecule has 2 saturated heterocycles. The molecule has 35 heavy (non-hydrogen) atoms. The number of piperidine rings is 1. The molecule has 3 heterocycles. The van der Waals surface area contributed by atoms with Crippen molar-refractivity contribution in [1.29, 1.82) is 5.26 Å². The highest BCUT2D eigenvalue weighted by atomic mass is 32.2. The van der Waals surface area contributed by atoms with E-state index < -0.39 is 5.41 Å². The van der Waals surface area contributed by atoms with Crippen LogP contribution in [0.3, 0.4) is 0 Å². The quantitative estimate of drug-likeness (QED) is 0.502. The van der Waals surface area contributed by atoms with Gasteiger partial charge in [0.15, 0.2) is 0 Å². The predicted molar refractivity (Wildman–Crippen MR) is 143 cm³/mol. The maximum Gasteiger partial charge on any atom is 0.257 e. The van der Waals surface area contributed by atoms with E-state index in [2.05, 4.69) is 63.8 Å². The molecule has 0 unspecified atom stereocenters. The summed E-state index contributed by atoms with van der Waals surface area (Å²) in [5, 5.41) is 11.2. The Hall–Kier alpha value is -3.08. The van der Waals surface area contributed by atoms with E-state index in [0.717, 1.165) is 74.3 Å². The number of pyridine rings is 1. The van der Waals surface area contributed by atoms with Gasteiger partial charge in [-0.3, -0.25) is 9.78 Å². The highest BCUT2D eigenvalue weighted by Crippen LogP contribution is 2.39. The van der Waals surface area contributed by atoms with Gasteiger partial charge in [-0.15, -0.1) is 0 Å². The number of nitrogens with zero attached hydrogens (tertiary/aromatic N) is 5. The third-order valence-corrected chi connectivity index (χ3v) is 8.39. The number of piperazine rings is 1. The molecule has 1 aromatic heterocycles. The summed E-state index contributed by atoms with van der Waals surface area (Å²) in [5.41, 5.74) is 4.31. The van der Waals surface area contributed by atoms with Crippen molar-refractivity contribution in [1.82, 2.24) is 14.2 Å². The number of carbonyl (C=O) groups excluding carboxylic acids is 1. The zero-order valence-corrected chi connectivity index (χ0v) is 21.2. The lowest BCUT2D eigenvalue weighted by Crippen LogP contribution is -2.47. The van der Waals surface area contributed by atoms with E-state index in [9.17, 15) is 10.1 Å². The number of aromatic nitrogens is 1. The fourth-order valence-corrected chi connectivity index (χ4v) is 5.85. The third kappa shape index (κ3) is 4.49. The molecule has 0 bridgehead atoms. The van der Waals surface area contributed by atoms with Crippen molar-refractivity contribution in [3.8, 4) is 6.07 Å². The molecule has 0 spiro atoms. The first kappa shape index (κ1) is 23.7. The van der Waals surface area contributed by atoms with E-state index in [1.807, 2.05) is 23.1 Å². The fraction of sp³-hybridized carbons (Fsp3) is 0.393. The first-order valence-electron chi connectivity index (χ1n) is 12.2. The van der Waals surface area contributed by atoms with Gasteiger partial charge in [-0.1, -0.05) is 60.0 Å². The summed E-state index contributed by atoms with van der Waals surface area (Å²) in [6.45, 7) is 6.68. The van der Waals surface area contributed by atoms with Crippen LogP contribution in [0.2, 0.25) is 0 Å². The highest BCUT2D eigenvalue weighted by molar-refractivity contribution is 7.96. The van der Waals surface area contributed by atoms with Crippen LogP contribution in [0.25, 0.3) is 10.9 Å². The van der Waals surface area contributed by atoms with Crippen molar-refractivity contribution in [2.45, 2.75) is 25.2 Å². The second-order valence-corrected chi connectivity index (χ2v) is 10.4. The van der Waals surface area contributed by atoms with E-state index in [0.29, 0.717) is 5.56 Å². The number of hydrogen-bond acceptors (Lipinski definition) is 6. The molecule has 2 fully saturated rings. The number of fused-ring (bicyclic) bond motifs is 1. The number of hydrogen-bond donors (Lipinski definition) is 0. The van der Waals surface area contributed by atoms with Gasteiger partial charge in [0.2, 0.25) is 0 Å². The molecule has 2 aliphatic rings. The van der Waals surface area contributed by atoms with Gasteiger partial charge in [-0.05, 0) is 37.7 Å². The second kappa shape index (κ2) is 9.88. The van der Waals surface area contributed by atoms with Crippen molar-refractivity contribution in [2.75, 3.05) is 50.4 Å². The highest BCUT2D eigenvalue weighted by Gasteiger charge is 2.38. The monoisotopic (exact) mass is 485 g/mol. The number of anilines is 1. The van der Waals surface area contributed by atoms with E-state index in [1.165, 1.54) is 5.56 Å². The van der Waals surface area contributed by atoms with E-state index in [1.54, 1.807) is 18.1 Å². The summed E-state index contributed by atoms with van der Waals surface area (Å²) >= 11 is 1.73. The van der Waals surface area contributed by atoms with E-state index in [4.69, 9.17) is 0 Å². The minimum absolute atomic E-state index is 0.0506. The van der Waals surface area contributed by atoms with Gasteiger partial charge in [0.25, 0.3) is 5.91 Å². The Balaban J connectivity index is 1.46. The molecule has 0 N–H and O–H groups in total. The van der Waals surface area contributed by atoms with Gasteiger partial charge in [-0.25, -0.2) is 4.31 Å². The molecule has 0 atom stereocenters. The Morgan fingerprint density at radius 1 is 1.00 bits per heavy atom. The number of rotatable bonds is 4. The second-order valence-electron chi connectivity index (χ2n) is 9.49. The van der Waals surface area contributed by atoms with Crippen LogP contribution in [0.15, 0.2) is 54.7 Å². The largest absolute Gasteiger partial charge is 0.370 e. The summed E-state index contributed by atoms with van der Waals surface area (Å²) in [6, 6.07) is 19.1. The van der Waals surface area contributed by atoms with Crippen LogP contribution >= 0.6 is 11.9 Å². The van der Waals surface area contributed by atoms with Gasteiger partial charge < -0.3 is 9.80 Å². The van der Waals surface area contributed by atoms with Crippen LogP contribution in [0.5, 0.6) is 0 Å². The predicted octanol–water partition coefficient (Wildman–Crippen LogP) is 4.64. The van der Waals surface area contributed by atoms with Gasteiger partial charge in [0.1, 0.15) is 0 Å². The first-order valence-corrected chi connectivity index (χ1v) is 13.4. The minimum Gasteiger partial charge on any atom is -0.370 e. The van der Waals surface area contributed by atoms with Crippen LogP contribution in [0, 0.1) is 18.3 Å². The van der Waals surface area contributed by atoms with Crippen LogP contribution < -0.4 is 4.90 Å². The molecule has 180 valence electrons. The Labute approximate surface area is 211 Å². The van der Waals surface area contributed by atoms with Crippen molar-refractivity contribution in [3.05, 3.63) is 71.4 Å². The van der Waals surface area contributed by atoms with E-state index in [-0.39, 0.29) is 5.91 Å². The maximum absolute atomic E-state index is 13.7. The lowest BCUT2D eigenvalue weighted by molar-refractivity contribution is 0.0704. The number of para-hydroxylation sites is 1. The van der Waals surface area contributed by atoms with Crippen molar-refractivity contribution >= 4 is 34.4 Å². The zero-order chi connectivity index (χ0) is 24.4. The molecule has 5 rings (SSSR count). The van der Waals surface area contributed by atoms with Gasteiger partial charge in [0.05, 0.1) is 28.3 Å². The Kier molecular flexibility index (Phi) is 6.68. The molecule has 2 aliphatic heterocycles. The van der Waals surface area contributed by atoms with Crippen LogP contribution in [-0.4, -0.2) is 65.6 Å². The molecule has 0 saturated carbocycles. The summed E-state index contributed by atoms with van der Waals surface area (Å²) in [5.74, 6) is 0.0506. The number of amides is 1. The molecule has 3 aromatic rings. The van der Waals surface area contributed by atoms with Crippen molar-refractivity contribution in [3.63, 3.8) is 0 Å². The maximum atomic E-state index is 13.7. The molecular weight excluding hydrogens is 454 g/mol. The first-order chi connectivity index (χ1) is 17.0. The Bertz CT molecular complexity index is 1250. The summed E-state index contributed by atoms with van der Waals surface area (Å²) in [4.78, 5) is 22.6. The minimum atomic E-state index is -0.495. The van der Waals surface area contributed by atoms with Gasteiger partial charge in [-0.2, -0.15) is 5.26 Å². The number of benzene rings is 2. The van der Waals surface area contributed by atoms with E-state index >= 15 is 0 Å². The lowest BCUT2D eigenvalue weighted by atomic mass is 9.73. The molecule has 7 heteroatoms. The molecular formula is C28H31N5OS. The SMILES string of the molecule is CSN1CCN(C(=O)c2cnc3ccccc3c2N2CCC(C#N)(c3ccc(C)cc3)CC2)CC1. The van der Waals surface area contributed by atoms with Crippen LogP contribution in [-0.2, 0) is 5.41 Å². The topological polar surface area (TPSA) is 63.5 Å². The Morgan fingerprint density at radius 2 is 1.69 bits per heavy atom. The van der Waals surface area contributed by atoms with Crippen molar-refractivity contribution in [2.24, 2.45) is 0 Å². The molecule has 6 nitrogen and oxygen atoms in total. The third-order valence-electron chi connectivity index (χ3n) is 7.51. The molecule has 0 aliphatic carbocycles. The molecule has 1 amide bonds. The number of aryl methyl sites for hydroxylation is 1. The van der Waals surface area contributed by atoms with Crippen LogP contribution in [0.4, 0.5) is 5.69 Å². The van der Waals surface area contributed by atoms with Crippen LogP contribution in [0.1, 0.15) is 34.3 Å². The molecule has 2 aromatic carbocycles. The van der Waals surface area contributed by atoms with Gasteiger partial charge >= 0.3 is 0 Å². The standard InChI is InChI=1S/C28H31N5OS/c1-21-7-9-22(10-8-21)28(20-29)11-13-31(14-12-28)26-23-5-3-4-6-25(23)30-19-24(26)27(34)32-15-17-33(35-2)18-16-32/h3-10,19H,11-18H2,1-2H3. The Morgan fingerprint density at radius 3 is 2.34 bits per heavy atom. The number of nitriles is 1. The average molecular weight is 486 g/mol. The summed E-state index contributed by atoms with van der Waals surface area (Å²) in [6.07, 6.45) is 5.29. The smallest absolute Gasteiger partial charge is 0.257 e. The summed E-state index contributed by atoms with van der Waals surface area (Å²) in [7, 11) is 0. The zero-order valence-electron chi connectivity index (χ0n) is 20.4. The van der Waals surface area contributed by atoms with Crippen molar-refractivity contribution < 1.29 is 4.79 Å². The normalized spacial score (nSPS) is 18.4. The average Bonchev–Trinajstić information content (AvgIpc) is 2.92.